The number of hydrogen-bond acceptors (Lipinski definition) is 1. The summed E-state index contributed by atoms with van der Waals surface area (Å²) in [5.74, 6) is 0. The molecule has 77 valence electrons. The Kier molecular flexibility index (Phi) is 2.91. The molecule has 0 saturated carbocycles. The predicted octanol–water partition coefficient (Wildman–Crippen LogP) is 3.49. The van der Waals surface area contributed by atoms with Gasteiger partial charge in [0.25, 0.3) is 0 Å². The first kappa shape index (κ1) is 10.0. The van der Waals surface area contributed by atoms with E-state index in [1.807, 2.05) is 12.1 Å². The van der Waals surface area contributed by atoms with Crippen molar-refractivity contribution in [3.05, 3.63) is 42.5 Å². The minimum Gasteiger partial charge on any atom is -0.372 e. The highest BCUT2D eigenvalue weighted by Gasteiger charge is 2.01. The van der Waals surface area contributed by atoms with Crippen molar-refractivity contribution in [1.29, 1.82) is 0 Å². The molecule has 0 aliphatic rings. The Morgan fingerprint density at radius 1 is 1.07 bits per heavy atom. The third kappa shape index (κ3) is 1.96. The summed E-state index contributed by atoms with van der Waals surface area (Å²) in [6.45, 7) is 6.49. The molecule has 1 nitrogen and oxygen atoms in total. The average Bonchev–Trinajstić information content (AvgIpc) is 2.30. The van der Waals surface area contributed by atoms with E-state index in [-0.39, 0.29) is 0 Å². The minimum absolute atomic E-state index is 1.06. The second-order valence-electron chi connectivity index (χ2n) is 3.63. The van der Waals surface area contributed by atoms with Gasteiger partial charge in [-0.2, -0.15) is 0 Å². The lowest BCUT2D eigenvalue weighted by Crippen LogP contribution is -2.21. The van der Waals surface area contributed by atoms with Crippen LogP contribution in [-0.2, 0) is 0 Å². The van der Waals surface area contributed by atoms with E-state index in [1.165, 1.54) is 16.5 Å². The highest BCUT2D eigenvalue weighted by molar-refractivity contribution is 5.85. The average molecular weight is 198 g/mol. The number of benzene rings is 2. The monoisotopic (exact) mass is 198 g/mol. The van der Waals surface area contributed by atoms with Crippen molar-refractivity contribution in [3.8, 4) is 0 Å². The summed E-state index contributed by atoms with van der Waals surface area (Å²) in [5.41, 5.74) is 1.30. The van der Waals surface area contributed by atoms with Gasteiger partial charge in [0.05, 0.1) is 0 Å². The summed E-state index contributed by atoms with van der Waals surface area (Å²) in [4.78, 5) is 2.36. The highest BCUT2D eigenvalue weighted by atomic mass is 15.1. The van der Waals surface area contributed by atoms with Gasteiger partial charge in [0.1, 0.15) is 0 Å². The van der Waals surface area contributed by atoms with Crippen LogP contribution in [0.4, 0.5) is 5.69 Å². The first-order valence-corrected chi connectivity index (χ1v) is 5.50. The van der Waals surface area contributed by atoms with Crippen molar-refractivity contribution in [1.82, 2.24) is 0 Å². The van der Waals surface area contributed by atoms with E-state index in [1.54, 1.807) is 0 Å². The molecule has 2 rings (SSSR count). The van der Waals surface area contributed by atoms with Crippen LogP contribution in [0.5, 0.6) is 0 Å². The maximum Gasteiger partial charge on any atom is 0.0372 e. The molecule has 15 heavy (non-hydrogen) atoms. The maximum atomic E-state index is 3.10. The van der Waals surface area contributed by atoms with Gasteiger partial charge in [-0.3, -0.25) is 0 Å². The van der Waals surface area contributed by atoms with Crippen molar-refractivity contribution < 1.29 is 0 Å². The second kappa shape index (κ2) is 4.35. The molecule has 1 radical (unpaired) electrons. The quantitative estimate of drug-likeness (QED) is 0.729. The van der Waals surface area contributed by atoms with Crippen molar-refractivity contribution in [2.45, 2.75) is 13.8 Å². The van der Waals surface area contributed by atoms with Crippen molar-refractivity contribution in [3.63, 3.8) is 0 Å². The molecule has 0 aliphatic carbocycles. The molecule has 0 fully saturated rings. The molecule has 0 bridgehead atoms. The van der Waals surface area contributed by atoms with Gasteiger partial charge in [0.2, 0.25) is 0 Å². The summed E-state index contributed by atoms with van der Waals surface area (Å²) in [6.07, 6.45) is 0. The fourth-order valence-electron chi connectivity index (χ4n) is 1.90. The highest BCUT2D eigenvalue weighted by Crippen LogP contribution is 2.21. The lowest BCUT2D eigenvalue weighted by Gasteiger charge is -2.21. The third-order valence-corrected chi connectivity index (χ3v) is 2.80. The smallest absolute Gasteiger partial charge is 0.0372 e. The van der Waals surface area contributed by atoms with Crippen molar-refractivity contribution in [2.24, 2.45) is 0 Å². The van der Waals surface area contributed by atoms with E-state index < -0.39 is 0 Å². The van der Waals surface area contributed by atoms with Crippen LogP contribution in [-0.4, -0.2) is 13.1 Å². The normalized spacial score (nSPS) is 10.5. The van der Waals surface area contributed by atoms with Crippen LogP contribution in [0.15, 0.2) is 36.4 Å². The summed E-state index contributed by atoms with van der Waals surface area (Å²) >= 11 is 0. The molecule has 0 N–H and O–H groups in total. The first-order chi connectivity index (χ1) is 7.35. The fraction of sp³-hybridized carbons (Fsp3) is 0.286. The predicted molar refractivity (Wildman–Crippen MR) is 66.3 cm³/mol. The Balaban J connectivity index is 2.46. The molecule has 1 heteroatoms. The molecule has 0 aromatic heterocycles. The molecule has 2 aromatic carbocycles. The molecule has 0 saturated heterocycles. The Hall–Kier alpha value is -1.50. The van der Waals surface area contributed by atoms with Crippen molar-refractivity contribution >= 4 is 16.5 Å². The van der Waals surface area contributed by atoms with E-state index in [2.05, 4.69) is 49.1 Å². The Labute approximate surface area is 91.3 Å². The van der Waals surface area contributed by atoms with Crippen LogP contribution in [0.25, 0.3) is 10.8 Å². The van der Waals surface area contributed by atoms with Gasteiger partial charge in [-0.15, -0.1) is 0 Å². The van der Waals surface area contributed by atoms with Gasteiger partial charge in [-0.25, -0.2) is 0 Å². The second-order valence-corrected chi connectivity index (χ2v) is 3.63. The third-order valence-electron chi connectivity index (χ3n) is 2.80. The SMILES string of the molecule is CCN(CC)c1ccc2c[c]ccc2c1. The minimum atomic E-state index is 1.06. The van der Waals surface area contributed by atoms with Gasteiger partial charge in [0.15, 0.2) is 0 Å². The number of nitrogens with zero attached hydrogens (tertiary/aromatic N) is 1. The number of anilines is 1. The van der Waals surface area contributed by atoms with Gasteiger partial charge in [0, 0.05) is 18.8 Å². The molecule has 0 spiro atoms. The summed E-state index contributed by atoms with van der Waals surface area (Å²) in [6, 6.07) is 15.8. The number of fused-ring (bicyclic) bond motifs is 1. The fourth-order valence-corrected chi connectivity index (χ4v) is 1.90. The van der Waals surface area contributed by atoms with Crippen LogP contribution in [0, 0.1) is 6.07 Å². The molecule has 0 unspecified atom stereocenters. The standard InChI is InChI=1S/C14H16N/c1-3-15(4-2)14-10-9-12-7-5-6-8-13(12)11-14/h6-11H,3-4H2,1-2H3. The Morgan fingerprint density at radius 3 is 2.60 bits per heavy atom. The zero-order chi connectivity index (χ0) is 10.7. The molecule has 0 aliphatic heterocycles. The molecular formula is C14H16N. The summed E-state index contributed by atoms with van der Waals surface area (Å²) in [7, 11) is 0. The van der Waals surface area contributed by atoms with E-state index in [0.29, 0.717) is 0 Å². The maximum absolute atomic E-state index is 3.10. The van der Waals surface area contributed by atoms with Crippen LogP contribution < -0.4 is 4.90 Å². The molecule has 2 aromatic rings. The van der Waals surface area contributed by atoms with Crippen LogP contribution in [0.2, 0.25) is 0 Å². The Morgan fingerprint density at radius 2 is 1.87 bits per heavy atom. The lowest BCUT2D eigenvalue weighted by atomic mass is 10.1. The summed E-state index contributed by atoms with van der Waals surface area (Å²) < 4.78 is 0. The first-order valence-electron chi connectivity index (χ1n) is 5.50. The lowest BCUT2D eigenvalue weighted by molar-refractivity contribution is 0.867. The van der Waals surface area contributed by atoms with Gasteiger partial charge >= 0.3 is 0 Å². The number of rotatable bonds is 3. The van der Waals surface area contributed by atoms with Gasteiger partial charge in [-0.1, -0.05) is 18.2 Å². The largest absolute Gasteiger partial charge is 0.372 e. The molecular weight excluding hydrogens is 182 g/mol. The van der Waals surface area contributed by atoms with Crippen LogP contribution in [0.1, 0.15) is 13.8 Å². The van der Waals surface area contributed by atoms with Gasteiger partial charge < -0.3 is 4.90 Å². The molecule has 0 heterocycles. The van der Waals surface area contributed by atoms with Gasteiger partial charge in [-0.05, 0) is 48.9 Å². The zero-order valence-corrected chi connectivity index (χ0v) is 9.33. The van der Waals surface area contributed by atoms with E-state index in [0.717, 1.165) is 13.1 Å². The molecule has 0 atom stereocenters. The molecule has 0 amide bonds. The van der Waals surface area contributed by atoms with E-state index in [4.69, 9.17) is 0 Å². The van der Waals surface area contributed by atoms with Crippen molar-refractivity contribution in [2.75, 3.05) is 18.0 Å². The summed E-state index contributed by atoms with van der Waals surface area (Å²) in [5, 5.41) is 2.55. The van der Waals surface area contributed by atoms with Crippen LogP contribution >= 0.6 is 0 Å². The van der Waals surface area contributed by atoms with E-state index in [9.17, 15) is 0 Å². The number of hydrogen-bond donors (Lipinski definition) is 0. The van der Waals surface area contributed by atoms with Crippen LogP contribution in [0.3, 0.4) is 0 Å². The topological polar surface area (TPSA) is 3.24 Å². The Bertz CT molecular complexity index is 444. The zero-order valence-electron chi connectivity index (χ0n) is 9.33. The van der Waals surface area contributed by atoms with E-state index >= 15 is 0 Å².